The van der Waals surface area contributed by atoms with Gasteiger partial charge in [-0.2, -0.15) is 5.10 Å². The first-order valence-corrected chi connectivity index (χ1v) is 8.28. The van der Waals surface area contributed by atoms with Crippen LogP contribution in [0.2, 0.25) is 0 Å². The van der Waals surface area contributed by atoms with Crippen molar-refractivity contribution in [3.63, 3.8) is 0 Å². The van der Waals surface area contributed by atoms with Crippen molar-refractivity contribution >= 4 is 11.3 Å². The van der Waals surface area contributed by atoms with Crippen molar-refractivity contribution in [2.45, 2.75) is 59.0 Å². The molecule has 0 saturated carbocycles. The van der Waals surface area contributed by atoms with Gasteiger partial charge in [0.2, 0.25) is 0 Å². The molecule has 0 aliphatic rings. The van der Waals surface area contributed by atoms with Gasteiger partial charge in [-0.3, -0.25) is 4.68 Å². The molecule has 4 nitrogen and oxygen atoms in total. The van der Waals surface area contributed by atoms with E-state index in [2.05, 4.69) is 51.5 Å². The Kier molecular flexibility index (Phi) is 4.54. The number of hydrogen-bond acceptors (Lipinski definition) is 4. The maximum Gasteiger partial charge on any atom is 0.115 e. The maximum atomic E-state index is 4.70. The van der Waals surface area contributed by atoms with Gasteiger partial charge in [0.05, 0.1) is 11.7 Å². The summed E-state index contributed by atoms with van der Waals surface area (Å²) in [5.74, 6) is 0. The van der Waals surface area contributed by atoms with E-state index in [1.165, 1.54) is 5.56 Å². The lowest BCUT2D eigenvalue weighted by Crippen LogP contribution is -2.30. The molecule has 0 amide bonds. The van der Waals surface area contributed by atoms with E-state index < -0.39 is 0 Å². The first-order valence-electron chi connectivity index (χ1n) is 7.40. The van der Waals surface area contributed by atoms with Crippen LogP contribution in [0.1, 0.15) is 62.6 Å². The van der Waals surface area contributed by atoms with Crippen molar-refractivity contribution in [3.05, 3.63) is 33.5 Å². The van der Waals surface area contributed by atoms with Crippen LogP contribution in [-0.4, -0.2) is 20.8 Å². The maximum absolute atomic E-state index is 4.70. The van der Waals surface area contributed by atoms with E-state index in [1.54, 1.807) is 11.3 Å². The van der Waals surface area contributed by atoms with Gasteiger partial charge in [-0.1, -0.05) is 20.8 Å². The van der Waals surface area contributed by atoms with E-state index in [0.717, 1.165) is 16.4 Å². The Morgan fingerprint density at radius 2 is 1.95 bits per heavy atom. The lowest BCUT2D eigenvalue weighted by Gasteiger charge is -2.24. The van der Waals surface area contributed by atoms with E-state index >= 15 is 0 Å². The average molecular weight is 306 g/mol. The third kappa shape index (κ3) is 3.71. The van der Waals surface area contributed by atoms with Crippen molar-refractivity contribution in [2.75, 3.05) is 0 Å². The Hall–Kier alpha value is -1.20. The fraction of sp³-hybridized carbons (Fsp3) is 0.625. The fourth-order valence-electron chi connectivity index (χ4n) is 2.43. The summed E-state index contributed by atoms with van der Waals surface area (Å²) in [5.41, 5.74) is 3.45. The van der Waals surface area contributed by atoms with Gasteiger partial charge in [0.1, 0.15) is 5.01 Å². The van der Waals surface area contributed by atoms with Crippen LogP contribution < -0.4 is 5.32 Å². The molecule has 1 unspecified atom stereocenters. The molecule has 0 aliphatic heterocycles. The van der Waals surface area contributed by atoms with Crippen molar-refractivity contribution in [3.8, 4) is 0 Å². The highest BCUT2D eigenvalue weighted by molar-refractivity contribution is 7.09. The topological polar surface area (TPSA) is 42.7 Å². The minimum atomic E-state index is 0.0137. The van der Waals surface area contributed by atoms with E-state index in [0.29, 0.717) is 6.04 Å². The fourth-order valence-corrected chi connectivity index (χ4v) is 3.31. The Labute approximate surface area is 131 Å². The van der Waals surface area contributed by atoms with E-state index in [4.69, 9.17) is 10.1 Å². The number of hydrogen-bond donors (Lipinski definition) is 1. The number of aryl methyl sites for hydroxylation is 2. The van der Waals surface area contributed by atoms with Crippen LogP contribution in [0.5, 0.6) is 0 Å². The van der Waals surface area contributed by atoms with Gasteiger partial charge >= 0.3 is 0 Å². The number of aromatic nitrogens is 3. The SMILES string of the molecule is Cc1csc(C(NC(C)C)c2cn(C)nc2C(C)(C)C)n1. The summed E-state index contributed by atoms with van der Waals surface area (Å²) in [6.07, 6.45) is 2.12. The molecule has 21 heavy (non-hydrogen) atoms. The van der Waals surface area contributed by atoms with E-state index in [1.807, 2.05) is 18.7 Å². The molecule has 2 heterocycles. The van der Waals surface area contributed by atoms with Gasteiger partial charge < -0.3 is 5.32 Å². The van der Waals surface area contributed by atoms with Crippen LogP contribution in [0.4, 0.5) is 0 Å². The highest BCUT2D eigenvalue weighted by Gasteiger charge is 2.29. The highest BCUT2D eigenvalue weighted by atomic mass is 32.1. The van der Waals surface area contributed by atoms with Gasteiger partial charge in [-0.15, -0.1) is 11.3 Å². The van der Waals surface area contributed by atoms with Gasteiger partial charge in [-0.25, -0.2) is 4.98 Å². The molecule has 0 saturated heterocycles. The Balaban J connectivity index is 2.51. The molecule has 5 heteroatoms. The monoisotopic (exact) mass is 306 g/mol. The van der Waals surface area contributed by atoms with Crippen molar-refractivity contribution < 1.29 is 0 Å². The highest BCUT2D eigenvalue weighted by Crippen LogP contribution is 2.33. The Bertz CT molecular complexity index is 604. The largest absolute Gasteiger partial charge is 0.302 e. The normalized spacial score (nSPS) is 13.9. The van der Waals surface area contributed by atoms with Crippen LogP contribution in [-0.2, 0) is 12.5 Å². The van der Waals surface area contributed by atoms with Gasteiger partial charge in [0, 0.05) is 41.3 Å². The molecule has 2 rings (SSSR count). The number of nitrogens with one attached hydrogen (secondary N) is 1. The summed E-state index contributed by atoms with van der Waals surface area (Å²) in [5, 5.41) is 11.6. The second-order valence-electron chi connectivity index (χ2n) is 6.94. The molecule has 0 bridgehead atoms. The third-order valence-corrected chi connectivity index (χ3v) is 4.29. The van der Waals surface area contributed by atoms with Gasteiger partial charge in [-0.05, 0) is 20.8 Å². The number of thiazole rings is 1. The third-order valence-electron chi connectivity index (χ3n) is 3.26. The van der Waals surface area contributed by atoms with Crippen LogP contribution in [0.15, 0.2) is 11.6 Å². The first-order chi connectivity index (χ1) is 9.68. The Morgan fingerprint density at radius 3 is 2.43 bits per heavy atom. The summed E-state index contributed by atoms with van der Waals surface area (Å²) >= 11 is 1.71. The molecular formula is C16H26N4S. The summed E-state index contributed by atoms with van der Waals surface area (Å²) in [6, 6.07) is 0.485. The van der Waals surface area contributed by atoms with Crippen molar-refractivity contribution in [1.29, 1.82) is 0 Å². The first kappa shape index (κ1) is 16.2. The number of nitrogens with zero attached hydrogens (tertiary/aromatic N) is 3. The predicted octanol–water partition coefficient (Wildman–Crippen LogP) is 3.57. The molecule has 0 aromatic carbocycles. The molecular weight excluding hydrogens is 280 g/mol. The van der Waals surface area contributed by atoms with Crippen molar-refractivity contribution in [1.82, 2.24) is 20.1 Å². The van der Waals surface area contributed by atoms with Crippen LogP contribution in [0.25, 0.3) is 0 Å². The zero-order chi connectivity index (χ0) is 15.8. The molecule has 1 atom stereocenters. The molecule has 0 aliphatic carbocycles. The van der Waals surface area contributed by atoms with Crippen LogP contribution >= 0.6 is 11.3 Å². The second-order valence-corrected chi connectivity index (χ2v) is 7.83. The predicted molar refractivity (Wildman–Crippen MR) is 88.9 cm³/mol. The zero-order valence-electron chi connectivity index (χ0n) is 14.1. The van der Waals surface area contributed by atoms with E-state index in [9.17, 15) is 0 Å². The molecule has 0 fully saturated rings. The molecule has 0 radical (unpaired) electrons. The minimum absolute atomic E-state index is 0.0137. The lowest BCUT2D eigenvalue weighted by molar-refractivity contribution is 0.502. The minimum Gasteiger partial charge on any atom is -0.302 e. The average Bonchev–Trinajstić information content (AvgIpc) is 2.91. The smallest absolute Gasteiger partial charge is 0.115 e. The molecule has 116 valence electrons. The van der Waals surface area contributed by atoms with Crippen LogP contribution in [0.3, 0.4) is 0 Å². The number of rotatable bonds is 4. The van der Waals surface area contributed by atoms with E-state index in [-0.39, 0.29) is 11.5 Å². The van der Waals surface area contributed by atoms with Gasteiger partial charge in [0.25, 0.3) is 0 Å². The summed E-state index contributed by atoms with van der Waals surface area (Å²) in [4.78, 5) is 4.69. The molecule has 1 N–H and O–H groups in total. The standard InChI is InChI=1S/C16H26N4S/c1-10(2)17-13(15-18-11(3)9-21-15)12-8-20(7)19-14(12)16(4,5)6/h8-10,13,17H,1-7H3. The molecule has 2 aromatic heterocycles. The molecule has 0 spiro atoms. The Morgan fingerprint density at radius 1 is 1.29 bits per heavy atom. The summed E-state index contributed by atoms with van der Waals surface area (Å²) in [7, 11) is 1.98. The van der Waals surface area contributed by atoms with Crippen molar-refractivity contribution in [2.24, 2.45) is 7.05 Å². The zero-order valence-corrected chi connectivity index (χ0v) is 14.9. The van der Waals surface area contributed by atoms with Gasteiger partial charge in [0.15, 0.2) is 0 Å². The second kappa shape index (κ2) is 5.89. The lowest BCUT2D eigenvalue weighted by atomic mass is 9.87. The summed E-state index contributed by atoms with van der Waals surface area (Å²) in [6.45, 7) is 13.0. The van der Waals surface area contributed by atoms with Crippen LogP contribution in [0, 0.1) is 6.92 Å². The quantitative estimate of drug-likeness (QED) is 0.939. The summed E-state index contributed by atoms with van der Waals surface area (Å²) < 4.78 is 1.91. The molecule has 2 aromatic rings.